The number of piperazine rings is 1. The minimum atomic E-state index is -3.12. The van der Waals surface area contributed by atoms with Crippen molar-refractivity contribution in [3.8, 4) is 0 Å². The predicted octanol–water partition coefficient (Wildman–Crippen LogP) is -0.178. The van der Waals surface area contributed by atoms with Crippen LogP contribution in [0.2, 0.25) is 0 Å². The lowest BCUT2D eigenvalue weighted by Crippen LogP contribution is -2.48. The van der Waals surface area contributed by atoms with E-state index in [-0.39, 0.29) is 6.04 Å². The van der Waals surface area contributed by atoms with Gasteiger partial charge in [0.25, 0.3) is 0 Å². The molecule has 1 aliphatic rings. The fourth-order valence-electron chi connectivity index (χ4n) is 2.13. The Labute approximate surface area is 119 Å². The largest absolute Gasteiger partial charge is 0.406 e. The Morgan fingerprint density at radius 2 is 1.95 bits per heavy atom. The van der Waals surface area contributed by atoms with Gasteiger partial charge in [0, 0.05) is 26.2 Å². The van der Waals surface area contributed by atoms with E-state index in [0.29, 0.717) is 38.1 Å². The number of nitrogens with zero attached hydrogens (tertiary/aromatic N) is 4. The van der Waals surface area contributed by atoms with Crippen molar-refractivity contribution >= 4 is 16.0 Å². The first-order valence-corrected chi connectivity index (χ1v) is 8.53. The van der Waals surface area contributed by atoms with E-state index in [1.807, 2.05) is 18.7 Å². The van der Waals surface area contributed by atoms with Crippen LogP contribution < -0.4 is 10.2 Å². The monoisotopic (exact) mass is 303 g/mol. The highest BCUT2D eigenvalue weighted by Gasteiger charge is 2.26. The molecule has 20 heavy (non-hydrogen) atoms. The second kappa shape index (κ2) is 6.06. The number of sulfonamides is 1. The molecule has 1 unspecified atom stereocenters. The van der Waals surface area contributed by atoms with E-state index >= 15 is 0 Å². The normalized spacial score (nSPS) is 19.2. The third-order valence-corrected chi connectivity index (χ3v) is 4.59. The van der Waals surface area contributed by atoms with Crippen molar-refractivity contribution in [2.75, 3.05) is 43.9 Å². The van der Waals surface area contributed by atoms with Crippen LogP contribution in [-0.4, -0.2) is 61.9 Å². The van der Waals surface area contributed by atoms with Crippen LogP contribution in [0.5, 0.6) is 0 Å². The quantitative estimate of drug-likeness (QED) is 0.807. The molecule has 1 N–H and O–H groups in total. The zero-order valence-electron chi connectivity index (χ0n) is 12.0. The molecule has 2 heterocycles. The summed E-state index contributed by atoms with van der Waals surface area (Å²) in [5.41, 5.74) is 0. The number of aromatic nitrogens is 2. The molecule has 1 saturated heterocycles. The van der Waals surface area contributed by atoms with Crippen LogP contribution in [0.15, 0.2) is 4.42 Å². The molecule has 8 nitrogen and oxygen atoms in total. The van der Waals surface area contributed by atoms with E-state index in [0.717, 1.165) is 6.54 Å². The van der Waals surface area contributed by atoms with Crippen molar-refractivity contribution < 1.29 is 12.8 Å². The molecule has 9 heteroatoms. The summed E-state index contributed by atoms with van der Waals surface area (Å²) in [6.45, 7) is 6.81. The molecule has 1 aromatic rings. The summed E-state index contributed by atoms with van der Waals surface area (Å²) in [5.74, 6) is 0.549. The first kappa shape index (κ1) is 15.2. The molecule has 0 radical (unpaired) electrons. The molecule has 0 aromatic carbocycles. The molecule has 0 bridgehead atoms. The second-order valence-electron chi connectivity index (χ2n) is 4.85. The molecule has 0 saturated carbocycles. The highest BCUT2D eigenvalue weighted by atomic mass is 32.2. The van der Waals surface area contributed by atoms with Gasteiger partial charge in [0.2, 0.25) is 15.9 Å². The standard InChI is InChI=1S/C11H21N5O3S/c1-4-12-9(2)10-13-14-11(19-10)15-5-7-16(8-6-15)20(3,17)18/h9,12H,4-8H2,1-3H3. The van der Waals surface area contributed by atoms with Gasteiger partial charge < -0.3 is 14.6 Å². The van der Waals surface area contributed by atoms with Crippen LogP contribution >= 0.6 is 0 Å². The predicted molar refractivity (Wildman–Crippen MR) is 75.0 cm³/mol. The van der Waals surface area contributed by atoms with Crippen molar-refractivity contribution in [2.24, 2.45) is 0 Å². The van der Waals surface area contributed by atoms with E-state index < -0.39 is 10.0 Å². The zero-order chi connectivity index (χ0) is 14.8. The molecule has 2 rings (SSSR count). The van der Waals surface area contributed by atoms with Gasteiger partial charge in [-0.3, -0.25) is 0 Å². The van der Waals surface area contributed by atoms with Crippen LogP contribution in [0.1, 0.15) is 25.8 Å². The molecular formula is C11H21N5O3S. The molecule has 114 valence electrons. The number of anilines is 1. The fraction of sp³-hybridized carbons (Fsp3) is 0.818. The molecule has 1 aliphatic heterocycles. The fourth-order valence-corrected chi connectivity index (χ4v) is 2.96. The van der Waals surface area contributed by atoms with Crippen LogP contribution in [-0.2, 0) is 10.0 Å². The summed E-state index contributed by atoms with van der Waals surface area (Å²) < 4.78 is 30.0. The Morgan fingerprint density at radius 3 is 2.50 bits per heavy atom. The summed E-state index contributed by atoms with van der Waals surface area (Å²) in [6, 6.07) is 0.469. The summed E-state index contributed by atoms with van der Waals surface area (Å²) in [4.78, 5) is 1.91. The second-order valence-corrected chi connectivity index (χ2v) is 6.83. The van der Waals surface area contributed by atoms with E-state index in [1.54, 1.807) is 0 Å². The minimum absolute atomic E-state index is 0.0126. The Hall–Kier alpha value is -1.19. The molecular weight excluding hydrogens is 282 g/mol. The number of hydrogen-bond acceptors (Lipinski definition) is 7. The zero-order valence-corrected chi connectivity index (χ0v) is 12.9. The maximum absolute atomic E-state index is 11.4. The highest BCUT2D eigenvalue weighted by Crippen LogP contribution is 2.19. The van der Waals surface area contributed by atoms with E-state index in [1.165, 1.54) is 10.6 Å². The molecule has 1 atom stereocenters. The summed E-state index contributed by atoms with van der Waals surface area (Å²) >= 11 is 0. The summed E-state index contributed by atoms with van der Waals surface area (Å²) in [6.07, 6.45) is 1.23. The molecule has 0 aliphatic carbocycles. The average molecular weight is 303 g/mol. The van der Waals surface area contributed by atoms with Gasteiger partial charge in [0.15, 0.2) is 0 Å². The minimum Gasteiger partial charge on any atom is -0.406 e. The van der Waals surface area contributed by atoms with Crippen molar-refractivity contribution in [2.45, 2.75) is 19.9 Å². The maximum Gasteiger partial charge on any atom is 0.318 e. The lowest BCUT2D eigenvalue weighted by atomic mass is 10.3. The lowest BCUT2D eigenvalue weighted by Gasteiger charge is -2.31. The maximum atomic E-state index is 11.4. The van der Waals surface area contributed by atoms with Gasteiger partial charge in [-0.2, -0.15) is 4.31 Å². The SMILES string of the molecule is CCNC(C)c1nnc(N2CCN(S(C)(=O)=O)CC2)o1. The summed E-state index contributed by atoms with van der Waals surface area (Å²) in [7, 11) is -3.12. The average Bonchev–Trinajstić information content (AvgIpc) is 2.88. The van der Waals surface area contributed by atoms with Gasteiger partial charge in [0.1, 0.15) is 0 Å². The van der Waals surface area contributed by atoms with Crippen LogP contribution in [0, 0.1) is 0 Å². The smallest absolute Gasteiger partial charge is 0.318 e. The van der Waals surface area contributed by atoms with Crippen molar-refractivity contribution in [1.82, 2.24) is 19.8 Å². The van der Waals surface area contributed by atoms with E-state index in [2.05, 4.69) is 15.5 Å². The third-order valence-electron chi connectivity index (χ3n) is 3.29. The first-order chi connectivity index (χ1) is 9.41. The Kier molecular flexibility index (Phi) is 4.61. The van der Waals surface area contributed by atoms with Gasteiger partial charge in [-0.1, -0.05) is 12.0 Å². The van der Waals surface area contributed by atoms with Gasteiger partial charge >= 0.3 is 6.01 Å². The highest BCUT2D eigenvalue weighted by molar-refractivity contribution is 7.88. The molecule has 0 spiro atoms. The molecule has 1 aromatic heterocycles. The van der Waals surface area contributed by atoms with E-state index in [4.69, 9.17) is 4.42 Å². The van der Waals surface area contributed by atoms with Gasteiger partial charge in [0.05, 0.1) is 12.3 Å². The number of hydrogen-bond donors (Lipinski definition) is 1. The Balaban J connectivity index is 1.97. The first-order valence-electron chi connectivity index (χ1n) is 6.68. The van der Waals surface area contributed by atoms with Crippen LogP contribution in [0.25, 0.3) is 0 Å². The third kappa shape index (κ3) is 3.47. The number of rotatable bonds is 5. The van der Waals surface area contributed by atoms with E-state index in [9.17, 15) is 8.42 Å². The van der Waals surface area contributed by atoms with Crippen molar-refractivity contribution in [3.05, 3.63) is 5.89 Å². The van der Waals surface area contributed by atoms with Crippen LogP contribution in [0.4, 0.5) is 6.01 Å². The Bertz CT molecular complexity index is 536. The van der Waals surface area contributed by atoms with Crippen LogP contribution in [0.3, 0.4) is 0 Å². The lowest BCUT2D eigenvalue weighted by molar-refractivity contribution is 0.364. The topological polar surface area (TPSA) is 91.6 Å². The van der Waals surface area contributed by atoms with Crippen molar-refractivity contribution in [1.29, 1.82) is 0 Å². The number of nitrogens with one attached hydrogen (secondary N) is 1. The molecule has 0 amide bonds. The summed E-state index contributed by atoms with van der Waals surface area (Å²) in [5, 5.41) is 11.3. The van der Waals surface area contributed by atoms with Gasteiger partial charge in [-0.15, -0.1) is 5.10 Å². The van der Waals surface area contributed by atoms with Crippen molar-refractivity contribution in [3.63, 3.8) is 0 Å². The van der Waals surface area contributed by atoms with Gasteiger partial charge in [-0.05, 0) is 13.5 Å². The van der Waals surface area contributed by atoms with Gasteiger partial charge in [-0.25, -0.2) is 8.42 Å². The molecule has 1 fully saturated rings. The Morgan fingerprint density at radius 1 is 1.30 bits per heavy atom.